The Hall–Kier alpha value is -2.91. The molecular formula is C20H17ClN4O2. The van der Waals surface area contributed by atoms with E-state index >= 15 is 0 Å². The Morgan fingerprint density at radius 2 is 2.04 bits per heavy atom. The predicted octanol–water partition coefficient (Wildman–Crippen LogP) is 2.10. The third-order valence-electron chi connectivity index (χ3n) is 5.55. The van der Waals surface area contributed by atoms with Gasteiger partial charge >= 0.3 is 0 Å². The first-order valence-corrected chi connectivity index (χ1v) is 9.09. The van der Waals surface area contributed by atoms with E-state index in [9.17, 15) is 14.9 Å². The molecule has 3 fully saturated rings. The molecule has 0 radical (unpaired) electrons. The summed E-state index contributed by atoms with van der Waals surface area (Å²) in [5.74, 6) is -0.741. The smallest absolute Gasteiger partial charge is 0.270 e. The molecule has 2 N–H and O–H groups in total. The van der Waals surface area contributed by atoms with Crippen LogP contribution in [0.1, 0.15) is 22.5 Å². The van der Waals surface area contributed by atoms with Crippen LogP contribution >= 0.6 is 11.6 Å². The average molecular weight is 381 g/mol. The number of halogens is 1. The predicted molar refractivity (Wildman–Crippen MR) is 98.7 cm³/mol. The molecule has 3 aliphatic carbocycles. The van der Waals surface area contributed by atoms with Crippen LogP contribution in [0.4, 0.5) is 0 Å². The molecule has 2 aromatic rings. The molecule has 2 amide bonds. The van der Waals surface area contributed by atoms with Crippen LogP contribution in [0.2, 0.25) is 5.02 Å². The third kappa shape index (κ3) is 2.84. The summed E-state index contributed by atoms with van der Waals surface area (Å²) < 4.78 is 0. The average Bonchev–Trinajstić information content (AvgIpc) is 2.66. The van der Waals surface area contributed by atoms with E-state index in [4.69, 9.17) is 11.6 Å². The number of hydrogen-bond acceptors (Lipinski definition) is 4. The summed E-state index contributed by atoms with van der Waals surface area (Å²) in [4.78, 5) is 29.0. The van der Waals surface area contributed by atoms with Gasteiger partial charge in [-0.3, -0.25) is 14.6 Å². The fourth-order valence-corrected chi connectivity index (χ4v) is 4.26. The highest BCUT2D eigenvalue weighted by Gasteiger charge is 2.74. The molecule has 136 valence electrons. The van der Waals surface area contributed by atoms with E-state index in [0.717, 1.165) is 5.56 Å². The van der Waals surface area contributed by atoms with Gasteiger partial charge in [0.2, 0.25) is 5.91 Å². The van der Waals surface area contributed by atoms with Crippen LogP contribution < -0.4 is 10.6 Å². The van der Waals surface area contributed by atoms with Gasteiger partial charge in [-0.15, -0.1) is 0 Å². The van der Waals surface area contributed by atoms with Crippen molar-refractivity contribution in [1.82, 2.24) is 15.6 Å². The Morgan fingerprint density at radius 1 is 1.26 bits per heavy atom. The molecule has 1 heterocycles. The van der Waals surface area contributed by atoms with E-state index in [-0.39, 0.29) is 36.1 Å². The van der Waals surface area contributed by atoms with E-state index in [2.05, 4.69) is 21.7 Å². The van der Waals surface area contributed by atoms with Crippen LogP contribution in [0.3, 0.4) is 0 Å². The van der Waals surface area contributed by atoms with Crippen molar-refractivity contribution in [2.75, 3.05) is 0 Å². The molecule has 1 aromatic carbocycles. The van der Waals surface area contributed by atoms with Gasteiger partial charge in [-0.25, -0.2) is 0 Å². The monoisotopic (exact) mass is 380 g/mol. The van der Waals surface area contributed by atoms with Crippen molar-refractivity contribution in [1.29, 1.82) is 5.26 Å². The van der Waals surface area contributed by atoms with E-state index in [1.165, 1.54) is 0 Å². The van der Waals surface area contributed by atoms with Gasteiger partial charge in [0.25, 0.3) is 5.91 Å². The highest BCUT2D eigenvalue weighted by Crippen LogP contribution is 2.61. The number of amides is 2. The summed E-state index contributed by atoms with van der Waals surface area (Å²) in [5, 5.41) is 15.9. The number of pyridine rings is 1. The topological polar surface area (TPSA) is 94.9 Å². The first kappa shape index (κ1) is 17.5. The quantitative estimate of drug-likeness (QED) is 0.830. The summed E-state index contributed by atoms with van der Waals surface area (Å²) in [6.45, 7) is 0. The highest BCUT2D eigenvalue weighted by molar-refractivity contribution is 6.31. The highest BCUT2D eigenvalue weighted by atomic mass is 35.5. The molecule has 0 saturated heterocycles. The number of carbonyl (C=O) groups excluding carboxylic acids is 2. The van der Waals surface area contributed by atoms with Crippen molar-refractivity contribution in [2.24, 2.45) is 11.8 Å². The second kappa shape index (κ2) is 6.67. The summed E-state index contributed by atoms with van der Waals surface area (Å²) in [6, 6.07) is 14.3. The van der Waals surface area contributed by atoms with Gasteiger partial charge < -0.3 is 10.6 Å². The maximum Gasteiger partial charge on any atom is 0.270 e. The number of nitrogens with zero attached hydrogens (tertiary/aromatic N) is 2. The number of carbonyl (C=O) groups is 2. The van der Waals surface area contributed by atoms with Crippen LogP contribution in [0.15, 0.2) is 48.7 Å². The molecule has 4 atom stereocenters. The molecule has 2 bridgehead atoms. The maximum atomic E-state index is 12.5. The third-order valence-corrected chi connectivity index (χ3v) is 5.92. The van der Waals surface area contributed by atoms with Crippen LogP contribution in [-0.4, -0.2) is 28.4 Å². The largest absolute Gasteiger partial charge is 0.350 e. The van der Waals surface area contributed by atoms with Crippen molar-refractivity contribution in [3.63, 3.8) is 0 Å². The van der Waals surface area contributed by atoms with Crippen molar-refractivity contribution in [3.8, 4) is 6.07 Å². The standard InChI is InChI=1S/C20H17ClN4O2/c21-15-6-2-1-5-12(15)9-17(26)24-18-13-10-20(18,14(13)11-22)25-19(27)16-7-3-4-8-23-16/h1-8,13-14,18H,9-10H2,(H,24,26)(H,25,27). The Balaban J connectivity index is 1.44. The van der Waals surface area contributed by atoms with Crippen LogP contribution in [-0.2, 0) is 11.2 Å². The van der Waals surface area contributed by atoms with Gasteiger partial charge in [0.05, 0.1) is 30.0 Å². The van der Waals surface area contributed by atoms with Crippen LogP contribution in [0.25, 0.3) is 0 Å². The summed E-state index contributed by atoms with van der Waals surface area (Å²) in [7, 11) is 0. The second-order valence-electron chi connectivity index (χ2n) is 7.00. The number of benzene rings is 1. The Morgan fingerprint density at radius 3 is 2.70 bits per heavy atom. The number of nitrogens with one attached hydrogen (secondary N) is 2. The van der Waals surface area contributed by atoms with Gasteiger partial charge in [-0.1, -0.05) is 35.9 Å². The van der Waals surface area contributed by atoms with Crippen molar-refractivity contribution < 1.29 is 9.59 Å². The Bertz CT molecular complexity index is 942. The molecule has 0 aliphatic heterocycles. The second-order valence-corrected chi connectivity index (χ2v) is 7.40. The molecule has 7 heteroatoms. The molecule has 0 spiro atoms. The zero-order valence-corrected chi connectivity index (χ0v) is 15.1. The van der Waals surface area contributed by atoms with Gasteiger partial charge in [0.1, 0.15) is 5.69 Å². The van der Waals surface area contributed by atoms with Crippen molar-refractivity contribution in [2.45, 2.75) is 24.4 Å². The normalized spacial score (nSPS) is 27.5. The van der Waals surface area contributed by atoms with Gasteiger partial charge in [0, 0.05) is 17.1 Å². The zero-order chi connectivity index (χ0) is 19.0. The molecule has 27 heavy (non-hydrogen) atoms. The lowest BCUT2D eigenvalue weighted by atomic mass is 9.39. The Labute approximate surface area is 161 Å². The maximum absolute atomic E-state index is 12.5. The lowest BCUT2D eigenvalue weighted by Gasteiger charge is -2.70. The van der Waals surface area contributed by atoms with Crippen molar-refractivity contribution >= 4 is 23.4 Å². The minimum atomic E-state index is -0.718. The van der Waals surface area contributed by atoms with Gasteiger partial charge in [-0.05, 0) is 30.2 Å². The van der Waals surface area contributed by atoms with Crippen molar-refractivity contribution in [3.05, 3.63) is 64.9 Å². The molecule has 4 unspecified atom stereocenters. The Kier molecular flexibility index (Phi) is 4.33. The molecule has 5 rings (SSSR count). The molecular weight excluding hydrogens is 364 g/mol. The number of aromatic nitrogens is 1. The fourth-order valence-electron chi connectivity index (χ4n) is 4.05. The number of rotatable bonds is 5. The van der Waals surface area contributed by atoms with Gasteiger partial charge in [0.15, 0.2) is 0 Å². The lowest BCUT2D eigenvalue weighted by Crippen LogP contribution is -2.88. The number of hydrogen-bond donors (Lipinski definition) is 2. The summed E-state index contributed by atoms with van der Waals surface area (Å²) >= 11 is 6.11. The minimum absolute atomic E-state index is 0.0641. The van der Waals surface area contributed by atoms with Crippen LogP contribution in [0, 0.1) is 23.2 Å². The first-order chi connectivity index (χ1) is 13.0. The van der Waals surface area contributed by atoms with E-state index in [1.807, 2.05) is 12.1 Å². The van der Waals surface area contributed by atoms with Gasteiger partial charge in [-0.2, -0.15) is 5.26 Å². The zero-order valence-electron chi connectivity index (χ0n) is 14.4. The summed E-state index contributed by atoms with van der Waals surface area (Å²) in [6.07, 6.45) is 2.38. The summed E-state index contributed by atoms with van der Waals surface area (Å²) in [5.41, 5.74) is 0.317. The molecule has 1 aromatic heterocycles. The lowest BCUT2D eigenvalue weighted by molar-refractivity contribution is -0.153. The van der Waals surface area contributed by atoms with Crippen LogP contribution in [0.5, 0.6) is 0 Å². The molecule has 3 aliphatic rings. The van der Waals surface area contributed by atoms with E-state index in [0.29, 0.717) is 17.1 Å². The van der Waals surface area contributed by atoms with E-state index < -0.39 is 5.54 Å². The first-order valence-electron chi connectivity index (χ1n) is 8.71. The van der Waals surface area contributed by atoms with E-state index in [1.54, 1.807) is 36.5 Å². The fraction of sp³-hybridized carbons (Fsp3) is 0.300. The molecule has 3 saturated carbocycles. The SMILES string of the molecule is N#CC1C2CC1(NC(=O)c1ccccn1)C2NC(=O)Cc1ccccc1Cl. The number of nitriles is 1. The minimum Gasteiger partial charge on any atom is -0.350 e. The molecule has 6 nitrogen and oxygen atoms in total.